The molecule has 0 aliphatic rings. The van der Waals surface area contributed by atoms with Gasteiger partial charge < -0.3 is 14.8 Å². The van der Waals surface area contributed by atoms with Crippen molar-refractivity contribution in [1.82, 2.24) is 4.98 Å². The summed E-state index contributed by atoms with van der Waals surface area (Å²) in [4.78, 5) is 15.1. The Morgan fingerprint density at radius 3 is 2.71 bits per heavy atom. The van der Waals surface area contributed by atoms with Gasteiger partial charge in [-0.3, -0.25) is 0 Å². The number of benzene rings is 1. The minimum absolute atomic E-state index is 0.154. The average Bonchev–Trinajstić information content (AvgIpc) is 2.71. The highest BCUT2D eigenvalue weighted by Gasteiger charge is 2.20. The number of hydrogen-bond acceptors (Lipinski definition) is 3. The summed E-state index contributed by atoms with van der Waals surface area (Å²) in [6, 6.07) is 7.16. The molecule has 1 atom stereocenters. The fraction of sp³-hybridized carbons (Fsp3) is 0.312. The molecular weight excluding hydrogens is 290 g/mol. The number of carbonyl (C=O) groups excluding carboxylic acids is 1. The van der Waals surface area contributed by atoms with Gasteiger partial charge in [0.15, 0.2) is 0 Å². The topological polar surface area (TPSA) is 62.3 Å². The SMILES string of the molecule is Cc1[nH]c(C(=O)OCc2cccc(Cl)c2)c(C)c1[C@H](C)O. The highest BCUT2D eigenvalue weighted by atomic mass is 35.5. The molecule has 0 saturated carbocycles. The number of halogens is 1. The first-order chi connectivity index (χ1) is 9.90. The van der Waals surface area contributed by atoms with Gasteiger partial charge in [0, 0.05) is 16.3 Å². The summed E-state index contributed by atoms with van der Waals surface area (Å²) in [7, 11) is 0. The Hall–Kier alpha value is -1.78. The van der Waals surface area contributed by atoms with Crippen LogP contribution in [0.4, 0.5) is 0 Å². The number of aliphatic hydroxyl groups is 1. The van der Waals surface area contributed by atoms with Gasteiger partial charge in [0.1, 0.15) is 12.3 Å². The number of esters is 1. The van der Waals surface area contributed by atoms with Crippen LogP contribution in [-0.4, -0.2) is 16.1 Å². The number of H-pyrrole nitrogens is 1. The first kappa shape index (κ1) is 15.6. The molecule has 0 fully saturated rings. The summed E-state index contributed by atoms with van der Waals surface area (Å²) >= 11 is 5.89. The van der Waals surface area contributed by atoms with E-state index in [2.05, 4.69) is 4.98 Å². The van der Waals surface area contributed by atoms with Gasteiger partial charge in [0.05, 0.1) is 6.10 Å². The van der Waals surface area contributed by atoms with Gasteiger partial charge >= 0.3 is 5.97 Å². The first-order valence-electron chi connectivity index (χ1n) is 6.69. The second-order valence-electron chi connectivity index (χ2n) is 5.05. The number of carbonyl (C=O) groups is 1. The number of aromatic nitrogens is 1. The van der Waals surface area contributed by atoms with Gasteiger partial charge in [0.2, 0.25) is 0 Å². The lowest BCUT2D eigenvalue weighted by Crippen LogP contribution is -2.07. The van der Waals surface area contributed by atoms with E-state index < -0.39 is 12.1 Å². The minimum atomic E-state index is -0.629. The molecule has 2 N–H and O–H groups in total. The summed E-state index contributed by atoms with van der Waals surface area (Å²) < 4.78 is 5.29. The van der Waals surface area contributed by atoms with Crippen LogP contribution in [0.3, 0.4) is 0 Å². The highest BCUT2D eigenvalue weighted by molar-refractivity contribution is 6.30. The maximum Gasteiger partial charge on any atom is 0.355 e. The number of ether oxygens (including phenoxy) is 1. The molecule has 4 nitrogen and oxygen atoms in total. The van der Waals surface area contributed by atoms with E-state index in [-0.39, 0.29) is 6.61 Å². The fourth-order valence-corrected chi connectivity index (χ4v) is 2.66. The largest absolute Gasteiger partial charge is 0.456 e. The Morgan fingerprint density at radius 2 is 2.14 bits per heavy atom. The molecule has 21 heavy (non-hydrogen) atoms. The number of hydrogen-bond donors (Lipinski definition) is 2. The number of nitrogens with one attached hydrogen (secondary N) is 1. The molecule has 0 unspecified atom stereocenters. The summed E-state index contributed by atoms with van der Waals surface area (Å²) in [5.41, 5.74) is 3.44. The summed E-state index contributed by atoms with van der Waals surface area (Å²) in [6.45, 7) is 5.44. The standard InChI is InChI=1S/C16H18ClNO3/c1-9-14(11(3)19)10(2)18-15(9)16(20)21-8-12-5-4-6-13(17)7-12/h4-7,11,18-19H,8H2,1-3H3/t11-/m0/s1. The van der Waals surface area contributed by atoms with E-state index in [1.165, 1.54) is 0 Å². The zero-order valence-corrected chi connectivity index (χ0v) is 13.0. The van der Waals surface area contributed by atoms with Gasteiger partial charge in [-0.15, -0.1) is 0 Å². The maximum atomic E-state index is 12.1. The number of rotatable bonds is 4. The maximum absolute atomic E-state index is 12.1. The predicted octanol–water partition coefficient (Wildman–Crippen LogP) is 3.70. The lowest BCUT2D eigenvalue weighted by atomic mass is 10.1. The lowest BCUT2D eigenvalue weighted by Gasteiger charge is -2.06. The second-order valence-corrected chi connectivity index (χ2v) is 5.48. The van der Waals surface area contributed by atoms with Gasteiger partial charge in [-0.05, 0) is 44.0 Å². The lowest BCUT2D eigenvalue weighted by molar-refractivity contribution is 0.0465. The zero-order valence-electron chi connectivity index (χ0n) is 12.2. The van der Waals surface area contributed by atoms with Crippen molar-refractivity contribution in [2.24, 2.45) is 0 Å². The average molecular weight is 308 g/mol. The van der Waals surface area contributed by atoms with Crippen LogP contribution in [0.5, 0.6) is 0 Å². The molecule has 1 heterocycles. The normalized spacial score (nSPS) is 12.2. The molecule has 0 amide bonds. The van der Waals surface area contributed by atoms with E-state index in [1.54, 1.807) is 32.0 Å². The minimum Gasteiger partial charge on any atom is -0.456 e. The molecule has 0 bridgehead atoms. The molecule has 0 spiro atoms. The molecular formula is C16H18ClNO3. The number of aryl methyl sites for hydroxylation is 1. The second kappa shape index (κ2) is 6.33. The molecule has 5 heteroatoms. The third kappa shape index (κ3) is 3.46. The molecule has 1 aromatic heterocycles. The van der Waals surface area contributed by atoms with Gasteiger partial charge in [0.25, 0.3) is 0 Å². The third-order valence-corrected chi connectivity index (χ3v) is 3.61. The van der Waals surface area contributed by atoms with Crippen molar-refractivity contribution in [2.45, 2.75) is 33.5 Å². The van der Waals surface area contributed by atoms with Crippen LogP contribution in [0.25, 0.3) is 0 Å². The van der Waals surface area contributed by atoms with Crippen LogP contribution in [-0.2, 0) is 11.3 Å². The van der Waals surface area contributed by atoms with Crippen LogP contribution in [0.15, 0.2) is 24.3 Å². The Bertz CT molecular complexity index is 662. The molecule has 2 aromatic rings. The van der Waals surface area contributed by atoms with Crippen molar-refractivity contribution in [3.63, 3.8) is 0 Å². The van der Waals surface area contributed by atoms with Crippen molar-refractivity contribution in [1.29, 1.82) is 0 Å². The number of aliphatic hydroxyl groups excluding tert-OH is 1. The summed E-state index contributed by atoms with van der Waals surface area (Å²) in [5, 5.41) is 10.3. The van der Waals surface area contributed by atoms with E-state index in [0.29, 0.717) is 10.7 Å². The van der Waals surface area contributed by atoms with E-state index in [9.17, 15) is 9.90 Å². The van der Waals surface area contributed by atoms with Gasteiger partial charge in [-0.25, -0.2) is 4.79 Å². The molecule has 1 aromatic carbocycles. The predicted molar refractivity (Wildman–Crippen MR) is 81.5 cm³/mol. The number of aromatic amines is 1. The summed E-state index contributed by atoms with van der Waals surface area (Å²) in [5.74, 6) is -0.442. The van der Waals surface area contributed by atoms with E-state index >= 15 is 0 Å². The summed E-state index contributed by atoms with van der Waals surface area (Å²) in [6.07, 6.45) is -0.629. The van der Waals surface area contributed by atoms with Crippen LogP contribution in [0, 0.1) is 13.8 Å². The molecule has 0 radical (unpaired) electrons. The van der Waals surface area contributed by atoms with E-state index in [1.807, 2.05) is 13.0 Å². The molecule has 112 valence electrons. The van der Waals surface area contributed by atoms with E-state index in [0.717, 1.165) is 22.4 Å². The Balaban J connectivity index is 2.12. The Labute approximate surface area is 128 Å². The van der Waals surface area contributed by atoms with E-state index in [4.69, 9.17) is 16.3 Å². The third-order valence-electron chi connectivity index (χ3n) is 3.38. The molecule has 0 aliphatic heterocycles. The van der Waals surface area contributed by atoms with Crippen LogP contribution >= 0.6 is 11.6 Å². The van der Waals surface area contributed by atoms with Crippen molar-refractivity contribution >= 4 is 17.6 Å². The Morgan fingerprint density at radius 1 is 1.43 bits per heavy atom. The zero-order chi connectivity index (χ0) is 15.6. The van der Waals surface area contributed by atoms with Crippen molar-refractivity contribution in [2.75, 3.05) is 0 Å². The molecule has 0 saturated heterocycles. The van der Waals surface area contributed by atoms with Crippen molar-refractivity contribution in [3.05, 3.63) is 57.4 Å². The quantitative estimate of drug-likeness (QED) is 0.847. The molecule has 2 rings (SSSR count). The van der Waals surface area contributed by atoms with Crippen LogP contribution in [0.1, 0.15) is 45.9 Å². The monoisotopic (exact) mass is 307 g/mol. The molecule has 0 aliphatic carbocycles. The van der Waals surface area contributed by atoms with Crippen LogP contribution < -0.4 is 0 Å². The highest BCUT2D eigenvalue weighted by Crippen LogP contribution is 2.25. The fourth-order valence-electron chi connectivity index (χ4n) is 2.44. The first-order valence-corrected chi connectivity index (χ1v) is 7.06. The Kier molecular flexibility index (Phi) is 4.70. The van der Waals surface area contributed by atoms with Gasteiger partial charge in [-0.1, -0.05) is 23.7 Å². The van der Waals surface area contributed by atoms with Crippen LogP contribution in [0.2, 0.25) is 5.02 Å². The van der Waals surface area contributed by atoms with Gasteiger partial charge in [-0.2, -0.15) is 0 Å². The van der Waals surface area contributed by atoms with Crippen molar-refractivity contribution in [3.8, 4) is 0 Å². The smallest absolute Gasteiger partial charge is 0.355 e. The van der Waals surface area contributed by atoms with Crippen molar-refractivity contribution < 1.29 is 14.6 Å².